The number of nitrogens with one attached hydrogen (secondary N) is 1. The average molecular weight is 269 g/mol. The van der Waals surface area contributed by atoms with E-state index in [9.17, 15) is 0 Å². The van der Waals surface area contributed by atoms with Gasteiger partial charge in [-0.3, -0.25) is 4.98 Å². The topological polar surface area (TPSA) is 47.0 Å². The molecule has 1 aliphatic carbocycles. The van der Waals surface area contributed by atoms with Gasteiger partial charge in [-0.1, -0.05) is 12.5 Å². The fourth-order valence-corrected chi connectivity index (χ4v) is 2.14. The second-order valence-electron chi connectivity index (χ2n) is 5.21. The Kier molecular flexibility index (Phi) is 3.92. The minimum Gasteiger partial charge on any atom is -0.437 e. The van der Waals surface area contributed by atoms with Crippen molar-refractivity contribution in [3.05, 3.63) is 47.9 Å². The van der Waals surface area contributed by atoms with Crippen LogP contribution in [0.1, 0.15) is 30.5 Å². The number of ether oxygens (including phenoxy) is 1. The predicted molar refractivity (Wildman–Crippen MR) is 77.8 cm³/mol. The fraction of sp³-hybridized carbons (Fsp3) is 0.375. The molecule has 0 aliphatic heterocycles. The van der Waals surface area contributed by atoms with Crippen LogP contribution < -0.4 is 10.1 Å². The molecule has 0 unspecified atom stereocenters. The summed E-state index contributed by atoms with van der Waals surface area (Å²) >= 11 is 0. The number of nitrogens with zero attached hydrogens (tertiary/aromatic N) is 2. The van der Waals surface area contributed by atoms with E-state index in [-0.39, 0.29) is 0 Å². The summed E-state index contributed by atoms with van der Waals surface area (Å²) in [5.74, 6) is 1.38. The second kappa shape index (κ2) is 6.01. The van der Waals surface area contributed by atoms with E-state index in [1.54, 1.807) is 12.4 Å². The summed E-state index contributed by atoms with van der Waals surface area (Å²) in [5, 5.41) is 3.54. The Balaban J connectivity index is 1.69. The molecule has 104 valence electrons. The minimum atomic E-state index is 0.657. The van der Waals surface area contributed by atoms with E-state index in [2.05, 4.69) is 21.4 Å². The molecule has 1 fully saturated rings. The van der Waals surface area contributed by atoms with Crippen molar-refractivity contribution in [1.82, 2.24) is 15.3 Å². The van der Waals surface area contributed by atoms with Gasteiger partial charge in [0.2, 0.25) is 5.88 Å². The van der Waals surface area contributed by atoms with Crippen LogP contribution in [0.15, 0.2) is 36.7 Å². The quantitative estimate of drug-likeness (QED) is 0.905. The molecule has 3 rings (SSSR count). The molecular weight excluding hydrogens is 250 g/mol. The zero-order valence-corrected chi connectivity index (χ0v) is 11.7. The highest BCUT2D eigenvalue weighted by atomic mass is 16.5. The van der Waals surface area contributed by atoms with Gasteiger partial charge in [-0.05, 0) is 38.0 Å². The van der Waals surface area contributed by atoms with Crippen molar-refractivity contribution in [3.8, 4) is 11.6 Å². The van der Waals surface area contributed by atoms with Crippen molar-refractivity contribution in [1.29, 1.82) is 0 Å². The Morgan fingerprint density at radius 2 is 2.15 bits per heavy atom. The lowest BCUT2D eigenvalue weighted by atomic mass is 9.93. The van der Waals surface area contributed by atoms with Gasteiger partial charge in [-0.2, -0.15) is 0 Å². The number of hydrogen-bond acceptors (Lipinski definition) is 4. The van der Waals surface area contributed by atoms with E-state index in [4.69, 9.17) is 4.74 Å². The number of aromatic nitrogens is 2. The van der Waals surface area contributed by atoms with Gasteiger partial charge >= 0.3 is 0 Å². The highest BCUT2D eigenvalue weighted by molar-refractivity contribution is 5.31. The minimum absolute atomic E-state index is 0.657. The third-order valence-corrected chi connectivity index (χ3v) is 3.64. The molecule has 1 aliphatic rings. The lowest BCUT2D eigenvalue weighted by Crippen LogP contribution is -2.34. The highest BCUT2D eigenvalue weighted by Gasteiger charge is 2.17. The van der Waals surface area contributed by atoms with Crippen molar-refractivity contribution >= 4 is 0 Å². The predicted octanol–water partition coefficient (Wildman–Crippen LogP) is 3.22. The number of pyridine rings is 2. The maximum absolute atomic E-state index is 5.83. The maximum atomic E-state index is 5.83. The van der Waals surface area contributed by atoms with Gasteiger partial charge in [0, 0.05) is 30.0 Å². The molecule has 2 aromatic rings. The normalized spacial score (nSPS) is 14.8. The summed E-state index contributed by atoms with van der Waals surface area (Å²) in [6.45, 7) is 2.76. The first-order valence-electron chi connectivity index (χ1n) is 7.09. The molecule has 0 bridgehead atoms. The van der Waals surface area contributed by atoms with Crippen LogP contribution in [-0.2, 0) is 6.54 Å². The zero-order valence-electron chi connectivity index (χ0n) is 11.7. The monoisotopic (exact) mass is 269 g/mol. The number of aryl methyl sites for hydroxylation is 1. The van der Waals surface area contributed by atoms with E-state index in [1.165, 1.54) is 19.3 Å². The van der Waals surface area contributed by atoms with E-state index < -0.39 is 0 Å². The largest absolute Gasteiger partial charge is 0.437 e. The standard InChI is InChI=1S/C16H19N3O/c1-12-7-8-15(11-18-12)20-16-13(4-3-9-17-16)10-19-14-5-2-6-14/h3-4,7-9,11,14,19H,2,5-6,10H2,1H3. The van der Waals surface area contributed by atoms with Gasteiger partial charge in [0.1, 0.15) is 5.75 Å². The molecule has 0 radical (unpaired) electrons. The Bertz CT molecular complexity index is 564. The molecule has 20 heavy (non-hydrogen) atoms. The lowest BCUT2D eigenvalue weighted by Gasteiger charge is -2.26. The maximum Gasteiger partial charge on any atom is 0.223 e. The SMILES string of the molecule is Cc1ccc(Oc2ncccc2CNC2CCC2)cn1. The lowest BCUT2D eigenvalue weighted by molar-refractivity contribution is 0.335. The first-order valence-corrected chi connectivity index (χ1v) is 7.09. The Morgan fingerprint density at radius 3 is 2.85 bits per heavy atom. The first kappa shape index (κ1) is 13.1. The van der Waals surface area contributed by atoms with Crippen LogP contribution in [0.5, 0.6) is 11.6 Å². The van der Waals surface area contributed by atoms with Crippen LogP contribution >= 0.6 is 0 Å². The molecule has 2 aromatic heterocycles. The smallest absolute Gasteiger partial charge is 0.223 e. The van der Waals surface area contributed by atoms with E-state index in [0.29, 0.717) is 11.9 Å². The van der Waals surface area contributed by atoms with Crippen LogP contribution in [0.3, 0.4) is 0 Å². The molecule has 1 saturated carbocycles. The van der Waals surface area contributed by atoms with Gasteiger partial charge in [0.15, 0.2) is 0 Å². The second-order valence-corrected chi connectivity index (χ2v) is 5.21. The molecule has 0 amide bonds. The Morgan fingerprint density at radius 1 is 1.25 bits per heavy atom. The molecule has 4 heteroatoms. The summed E-state index contributed by atoms with van der Waals surface area (Å²) in [7, 11) is 0. The molecule has 0 spiro atoms. The van der Waals surface area contributed by atoms with Crippen LogP contribution in [0.2, 0.25) is 0 Å². The van der Waals surface area contributed by atoms with Crippen molar-refractivity contribution in [2.24, 2.45) is 0 Å². The highest BCUT2D eigenvalue weighted by Crippen LogP contribution is 2.24. The molecule has 4 nitrogen and oxygen atoms in total. The molecule has 0 saturated heterocycles. The van der Waals surface area contributed by atoms with Crippen molar-refractivity contribution in [2.45, 2.75) is 38.8 Å². The van der Waals surface area contributed by atoms with E-state index in [0.717, 1.165) is 23.6 Å². The third-order valence-electron chi connectivity index (χ3n) is 3.64. The van der Waals surface area contributed by atoms with Crippen molar-refractivity contribution < 1.29 is 4.74 Å². The van der Waals surface area contributed by atoms with Gasteiger partial charge in [0.05, 0.1) is 6.20 Å². The fourth-order valence-electron chi connectivity index (χ4n) is 2.14. The third kappa shape index (κ3) is 3.14. The molecule has 1 N–H and O–H groups in total. The van der Waals surface area contributed by atoms with Gasteiger partial charge in [-0.25, -0.2) is 4.98 Å². The number of hydrogen-bond donors (Lipinski definition) is 1. The first-order chi connectivity index (χ1) is 9.81. The van der Waals surface area contributed by atoms with Crippen LogP contribution in [0, 0.1) is 6.92 Å². The zero-order chi connectivity index (χ0) is 13.8. The molecule has 0 atom stereocenters. The summed E-state index contributed by atoms with van der Waals surface area (Å²) in [5.41, 5.74) is 2.06. The Hall–Kier alpha value is -1.94. The van der Waals surface area contributed by atoms with Crippen LogP contribution in [0.25, 0.3) is 0 Å². The molecule has 0 aromatic carbocycles. The molecular formula is C16H19N3O. The van der Waals surface area contributed by atoms with Gasteiger partial charge in [-0.15, -0.1) is 0 Å². The van der Waals surface area contributed by atoms with Crippen LogP contribution in [-0.4, -0.2) is 16.0 Å². The summed E-state index contributed by atoms with van der Waals surface area (Å²) < 4.78 is 5.83. The van der Waals surface area contributed by atoms with Crippen molar-refractivity contribution in [3.63, 3.8) is 0 Å². The van der Waals surface area contributed by atoms with E-state index >= 15 is 0 Å². The summed E-state index contributed by atoms with van der Waals surface area (Å²) in [6, 6.07) is 8.50. The summed E-state index contributed by atoms with van der Waals surface area (Å²) in [4.78, 5) is 8.56. The van der Waals surface area contributed by atoms with E-state index in [1.807, 2.05) is 25.1 Å². The van der Waals surface area contributed by atoms with Gasteiger partial charge in [0.25, 0.3) is 0 Å². The van der Waals surface area contributed by atoms with Crippen molar-refractivity contribution in [2.75, 3.05) is 0 Å². The summed E-state index contributed by atoms with van der Waals surface area (Å²) in [6.07, 6.45) is 7.37. The Labute approximate surface area is 119 Å². The molecule has 2 heterocycles. The average Bonchev–Trinajstić information content (AvgIpc) is 2.41. The number of rotatable bonds is 5. The van der Waals surface area contributed by atoms with Gasteiger partial charge < -0.3 is 10.1 Å². The van der Waals surface area contributed by atoms with Crippen LogP contribution in [0.4, 0.5) is 0 Å².